The lowest BCUT2D eigenvalue weighted by Gasteiger charge is -2.13. The van der Waals surface area contributed by atoms with E-state index >= 15 is 0 Å². The van der Waals surface area contributed by atoms with Crippen LogP contribution >= 0.6 is 11.8 Å². The highest BCUT2D eigenvalue weighted by Gasteiger charge is 2.21. The van der Waals surface area contributed by atoms with Crippen molar-refractivity contribution in [1.29, 1.82) is 0 Å². The maximum Gasteiger partial charge on any atom is 0.321 e. The zero-order chi connectivity index (χ0) is 16.8. The van der Waals surface area contributed by atoms with Crippen molar-refractivity contribution in [3.8, 4) is 11.5 Å². The van der Waals surface area contributed by atoms with E-state index in [1.165, 1.54) is 11.8 Å². The van der Waals surface area contributed by atoms with Gasteiger partial charge < -0.3 is 9.84 Å². The summed E-state index contributed by atoms with van der Waals surface area (Å²) in [7, 11) is 0. The Hall–Kier alpha value is -2.72. The van der Waals surface area contributed by atoms with Crippen molar-refractivity contribution in [2.24, 2.45) is 0 Å². The van der Waals surface area contributed by atoms with E-state index in [2.05, 4.69) is 0 Å². The number of thioether (sulfide) groups is 1. The SMILES string of the molecule is O=C(O)C(Sc1cccc(Oc2ccccc2)c1)c1ccccc1. The maximum absolute atomic E-state index is 11.6. The maximum atomic E-state index is 11.6. The van der Waals surface area contributed by atoms with Crippen LogP contribution in [-0.2, 0) is 4.79 Å². The van der Waals surface area contributed by atoms with Crippen molar-refractivity contribution in [2.75, 3.05) is 0 Å². The van der Waals surface area contributed by atoms with Gasteiger partial charge in [-0.25, -0.2) is 0 Å². The van der Waals surface area contributed by atoms with E-state index in [1.807, 2.05) is 84.9 Å². The molecule has 0 radical (unpaired) electrons. The summed E-state index contributed by atoms with van der Waals surface area (Å²) in [6.07, 6.45) is 0. The second kappa shape index (κ2) is 7.70. The zero-order valence-corrected chi connectivity index (χ0v) is 13.6. The van der Waals surface area contributed by atoms with Crippen LogP contribution in [0.3, 0.4) is 0 Å². The third kappa shape index (κ3) is 4.18. The smallest absolute Gasteiger partial charge is 0.321 e. The Labute approximate surface area is 144 Å². The van der Waals surface area contributed by atoms with Crippen LogP contribution in [0.25, 0.3) is 0 Å². The van der Waals surface area contributed by atoms with Crippen LogP contribution in [0.1, 0.15) is 10.8 Å². The molecule has 0 aliphatic carbocycles. The Morgan fingerprint density at radius 2 is 1.46 bits per heavy atom. The number of ether oxygens (including phenoxy) is 1. The van der Waals surface area contributed by atoms with E-state index < -0.39 is 11.2 Å². The molecule has 3 nitrogen and oxygen atoms in total. The highest BCUT2D eigenvalue weighted by atomic mass is 32.2. The van der Waals surface area contributed by atoms with E-state index in [-0.39, 0.29) is 0 Å². The quantitative estimate of drug-likeness (QED) is 0.612. The Kier molecular flexibility index (Phi) is 5.18. The van der Waals surface area contributed by atoms with Crippen LogP contribution in [0.4, 0.5) is 0 Å². The molecular weight excluding hydrogens is 320 g/mol. The minimum atomic E-state index is -0.861. The average Bonchev–Trinajstić information content (AvgIpc) is 2.61. The van der Waals surface area contributed by atoms with Crippen LogP contribution in [0.5, 0.6) is 11.5 Å². The molecule has 0 fully saturated rings. The molecule has 0 saturated heterocycles. The zero-order valence-electron chi connectivity index (χ0n) is 12.8. The first kappa shape index (κ1) is 16.1. The molecule has 0 saturated carbocycles. The molecular formula is C20H16O3S. The largest absolute Gasteiger partial charge is 0.480 e. The number of hydrogen-bond acceptors (Lipinski definition) is 3. The number of aliphatic carboxylic acids is 1. The molecule has 3 rings (SSSR count). The minimum absolute atomic E-state index is 0.654. The third-order valence-electron chi connectivity index (χ3n) is 3.36. The van der Waals surface area contributed by atoms with Gasteiger partial charge in [-0.3, -0.25) is 4.79 Å². The number of carboxylic acid groups (broad SMARTS) is 1. The van der Waals surface area contributed by atoms with Crippen molar-refractivity contribution < 1.29 is 14.6 Å². The molecule has 4 heteroatoms. The summed E-state index contributed by atoms with van der Waals surface area (Å²) in [6, 6.07) is 26.2. The van der Waals surface area contributed by atoms with Gasteiger partial charge in [0.2, 0.25) is 0 Å². The first-order valence-corrected chi connectivity index (χ1v) is 8.38. The molecule has 1 atom stereocenters. The van der Waals surface area contributed by atoms with Gasteiger partial charge in [-0.15, -0.1) is 11.8 Å². The standard InChI is InChI=1S/C20H16O3S/c21-20(22)19(15-8-3-1-4-9-15)24-18-13-7-12-17(14-18)23-16-10-5-2-6-11-16/h1-14,19H,(H,21,22). The first-order chi connectivity index (χ1) is 11.7. The van der Waals surface area contributed by atoms with Gasteiger partial charge in [-0.1, -0.05) is 54.6 Å². The molecule has 0 spiro atoms. The van der Waals surface area contributed by atoms with E-state index in [4.69, 9.17) is 4.74 Å². The van der Waals surface area contributed by atoms with Crippen molar-refractivity contribution >= 4 is 17.7 Å². The minimum Gasteiger partial charge on any atom is -0.480 e. The topological polar surface area (TPSA) is 46.5 Å². The normalized spacial score (nSPS) is 11.7. The molecule has 0 bridgehead atoms. The number of carbonyl (C=O) groups is 1. The van der Waals surface area contributed by atoms with Gasteiger partial charge in [-0.2, -0.15) is 0 Å². The summed E-state index contributed by atoms with van der Waals surface area (Å²) < 4.78 is 5.81. The number of carboxylic acids is 1. The highest BCUT2D eigenvalue weighted by Crippen LogP contribution is 2.37. The molecule has 3 aromatic carbocycles. The number of benzene rings is 3. The van der Waals surface area contributed by atoms with Gasteiger partial charge in [0, 0.05) is 4.90 Å². The Balaban J connectivity index is 1.79. The average molecular weight is 336 g/mol. The summed E-state index contributed by atoms with van der Waals surface area (Å²) in [5, 5.41) is 8.89. The summed E-state index contributed by atoms with van der Waals surface area (Å²) >= 11 is 1.30. The Morgan fingerprint density at radius 1 is 0.833 bits per heavy atom. The van der Waals surface area contributed by atoms with Crippen LogP contribution in [0.15, 0.2) is 89.8 Å². The van der Waals surface area contributed by atoms with Gasteiger partial charge in [0.1, 0.15) is 16.7 Å². The van der Waals surface area contributed by atoms with Gasteiger partial charge in [0.05, 0.1) is 0 Å². The molecule has 1 N–H and O–H groups in total. The monoisotopic (exact) mass is 336 g/mol. The molecule has 0 aliphatic heterocycles. The van der Waals surface area contributed by atoms with E-state index in [1.54, 1.807) is 0 Å². The van der Waals surface area contributed by atoms with Gasteiger partial charge in [0.15, 0.2) is 0 Å². The molecule has 0 heterocycles. The van der Waals surface area contributed by atoms with Crippen LogP contribution in [0, 0.1) is 0 Å². The Morgan fingerprint density at radius 3 is 2.12 bits per heavy atom. The second-order valence-corrected chi connectivity index (χ2v) is 6.32. The number of para-hydroxylation sites is 1. The lowest BCUT2D eigenvalue weighted by Crippen LogP contribution is -2.07. The fourth-order valence-corrected chi connectivity index (χ4v) is 3.27. The van der Waals surface area contributed by atoms with Crippen LogP contribution in [0.2, 0.25) is 0 Å². The summed E-state index contributed by atoms with van der Waals surface area (Å²) in [4.78, 5) is 12.5. The predicted molar refractivity (Wildman–Crippen MR) is 95.6 cm³/mol. The third-order valence-corrected chi connectivity index (χ3v) is 4.60. The molecule has 0 aliphatic rings. The van der Waals surface area contributed by atoms with Crippen LogP contribution in [-0.4, -0.2) is 11.1 Å². The van der Waals surface area contributed by atoms with E-state index in [9.17, 15) is 9.90 Å². The first-order valence-electron chi connectivity index (χ1n) is 7.50. The lowest BCUT2D eigenvalue weighted by atomic mass is 10.1. The number of hydrogen-bond donors (Lipinski definition) is 1. The van der Waals surface area contributed by atoms with Gasteiger partial charge in [0.25, 0.3) is 0 Å². The van der Waals surface area contributed by atoms with Crippen molar-refractivity contribution in [1.82, 2.24) is 0 Å². The van der Waals surface area contributed by atoms with Crippen LogP contribution < -0.4 is 4.74 Å². The molecule has 0 aromatic heterocycles. The van der Waals surface area contributed by atoms with Crippen molar-refractivity contribution in [3.63, 3.8) is 0 Å². The molecule has 120 valence electrons. The van der Waals surface area contributed by atoms with Gasteiger partial charge in [-0.05, 0) is 35.9 Å². The van der Waals surface area contributed by atoms with E-state index in [0.29, 0.717) is 5.75 Å². The summed E-state index contributed by atoms with van der Waals surface area (Å²) in [5.41, 5.74) is 0.768. The molecule has 3 aromatic rings. The summed E-state index contributed by atoms with van der Waals surface area (Å²) in [5.74, 6) is 0.571. The number of rotatable bonds is 6. The molecule has 24 heavy (non-hydrogen) atoms. The van der Waals surface area contributed by atoms with E-state index in [0.717, 1.165) is 16.2 Å². The van der Waals surface area contributed by atoms with Crippen molar-refractivity contribution in [2.45, 2.75) is 10.1 Å². The van der Waals surface area contributed by atoms with Gasteiger partial charge >= 0.3 is 5.97 Å². The predicted octanol–water partition coefficient (Wildman–Crippen LogP) is 5.40. The fraction of sp³-hybridized carbons (Fsp3) is 0.0500. The highest BCUT2D eigenvalue weighted by molar-refractivity contribution is 8.00. The fourth-order valence-electron chi connectivity index (χ4n) is 2.26. The molecule has 1 unspecified atom stereocenters. The second-order valence-electron chi connectivity index (χ2n) is 5.14. The Bertz CT molecular complexity index is 803. The molecule has 0 amide bonds. The lowest BCUT2D eigenvalue weighted by molar-refractivity contribution is -0.136. The summed E-state index contributed by atoms with van der Waals surface area (Å²) in [6.45, 7) is 0. The van der Waals surface area contributed by atoms with Crippen molar-refractivity contribution in [3.05, 3.63) is 90.5 Å².